The highest BCUT2D eigenvalue weighted by molar-refractivity contribution is 7.99. The van der Waals surface area contributed by atoms with Gasteiger partial charge < -0.3 is 14.6 Å². The monoisotopic (exact) mass is 413 g/mol. The van der Waals surface area contributed by atoms with E-state index in [0.29, 0.717) is 28.8 Å². The first-order valence-corrected chi connectivity index (χ1v) is 10.3. The smallest absolute Gasteiger partial charge is 0.338 e. The van der Waals surface area contributed by atoms with Crippen molar-refractivity contribution in [3.05, 3.63) is 66.0 Å². The van der Waals surface area contributed by atoms with Gasteiger partial charge >= 0.3 is 5.97 Å². The van der Waals surface area contributed by atoms with Crippen molar-refractivity contribution in [3.8, 4) is 11.4 Å². The van der Waals surface area contributed by atoms with E-state index < -0.39 is 6.10 Å². The molecule has 152 valence electrons. The van der Waals surface area contributed by atoms with E-state index in [1.54, 1.807) is 31.2 Å². The van der Waals surface area contributed by atoms with Crippen LogP contribution in [0, 0.1) is 6.92 Å². The van der Waals surface area contributed by atoms with Crippen LogP contribution in [0.5, 0.6) is 5.75 Å². The Balaban J connectivity index is 1.52. The quantitative estimate of drug-likeness (QED) is 0.425. The summed E-state index contributed by atoms with van der Waals surface area (Å²) in [6.45, 7) is 4.12. The molecule has 1 heterocycles. The molecule has 29 heavy (non-hydrogen) atoms. The Kier molecular flexibility index (Phi) is 7.26. The average molecular weight is 413 g/mol. The number of para-hydroxylation sites is 1. The van der Waals surface area contributed by atoms with Gasteiger partial charge in [-0.3, -0.25) is 4.57 Å². The molecular weight excluding hydrogens is 390 g/mol. The molecule has 0 saturated carbocycles. The number of aliphatic hydroxyl groups is 1. The number of ether oxygens (including phenoxy) is 2. The van der Waals surface area contributed by atoms with Gasteiger partial charge in [0.2, 0.25) is 0 Å². The molecule has 0 aliphatic carbocycles. The molecule has 0 spiro atoms. The number of benzene rings is 2. The van der Waals surface area contributed by atoms with Crippen LogP contribution in [0.3, 0.4) is 0 Å². The Labute approximate surface area is 173 Å². The molecular formula is C21H23N3O4S. The number of nitrogens with zero attached hydrogens (tertiary/aromatic N) is 3. The summed E-state index contributed by atoms with van der Waals surface area (Å²) in [6.07, 6.45) is -0.689. The van der Waals surface area contributed by atoms with Gasteiger partial charge in [-0.05, 0) is 50.2 Å². The van der Waals surface area contributed by atoms with Crippen LogP contribution >= 0.6 is 11.8 Å². The van der Waals surface area contributed by atoms with Gasteiger partial charge in [0, 0.05) is 11.4 Å². The Morgan fingerprint density at radius 1 is 1.14 bits per heavy atom. The summed E-state index contributed by atoms with van der Waals surface area (Å²) in [5, 5.41) is 19.3. The third-order valence-corrected chi connectivity index (χ3v) is 5.10. The molecule has 3 rings (SSSR count). The molecule has 7 nitrogen and oxygen atoms in total. The lowest BCUT2D eigenvalue weighted by atomic mass is 10.2. The maximum atomic E-state index is 11.7. The summed E-state index contributed by atoms with van der Waals surface area (Å²) < 4.78 is 12.5. The number of rotatable bonds is 9. The van der Waals surface area contributed by atoms with Crippen molar-refractivity contribution in [1.29, 1.82) is 0 Å². The van der Waals surface area contributed by atoms with E-state index >= 15 is 0 Å². The van der Waals surface area contributed by atoms with Crippen LogP contribution < -0.4 is 4.74 Å². The van der Waals surface area contributed by atoms with Crippen molar-refractivity contribution in [2.45, 2.75) is 25.1 Å². The minimum atomic E-state index is -0.689. The first kappa shape index (κ1) is 20.9. The molecule has 0 saturated heterocycles. The van der Waals surface area contributed by atoms with Crippen molar-refractivity contribution >= 4 is 17.7 Å². The number of carbonyl (C=O) groups excluding carboxylic acids is 1. The van der Waals surface area contributed by atoms with Crippen molar-refractivity contribution in [2.24, 2.45) is 0 Å². The molecule has 3 aromatic rings. The lowest BCUT2D eigenvalue weighted by Crippen LogP contribution is -2.20. The topological polar surface area (TPSA) is 86.5 Å². The second kappa shape index (κ2) is 10.1. The minimum Gasteiger partial charge on any atom is -0.491 e. The fourth-order valence-corrected chi connectivity index (χ4v) is 3.53. The predicted molar refractivity (Wildman–Crippen MR) is 111 cm³/mol. The fraction of sp³-hybridized carbons (Fsp3) is 0.286. The first-order chi connectivity index (χ1) is 14.1. The number of thioether (sulfide) groups is 1. The van der Waals surface area contributed by atoms with Crippen molar-refractivity contribution in [1.82, 2.24) is 14.8 Å². The molecule has 1 N–H and O–H groups in total. The summed E-state index contributed by atoms with van der Waals surface area (Å²) in [4.78, 5) is 11.7. The first-order valence-electron chi connectivity index (χ1n) is 9.26. The summed E-state index contributed by atoms with van der Waals surface area (Å²) in [5.74, 6) is 1.40. The highest BCUT2D eigenvalue weighted by Gasteiger charge is 2.14. The van der Waals surface area contributed by atoms with Gasteiger partial charge in [0.05, 0.1) is 18.3 Å². The summed E-state index contributed by atoms with van der Waals surface area (Å²) in [5.41, 5.74) is 1.44. The highest BCUT2D eigenvalue weighted by Crippen LogP contribution is 2.22. The number of aliphatic hydroxyl groups excluding tert-OH is 1. The largest absolute Gasteiger partial charge is 0.491 e. The van der Waals surface area contributed by atoms with Gasteiger partial charge in [-0.1, -0.05) is 30.0 Å². The zero-order valence-corrected chi connectivity index (χ0v) is 17.1. The average Bonchev–Trinajstić information content (AvgIpc) is 3.12. The van der Waals surface area contributed by atoms with Crippen molar-refractivity contribution in [3.63, 3.8) is 0 Å². The molecule has 0 amide bonds. The molecule has 0 aliphatic heterocycles. The van der Waals surface area contributed by atoms with E-state index in [1.807, 2.05) is 41.8 Å². The molecule has 1 unspecified atom stereocenters. The van der Waals surface area contributed by atoms with E-state index in [4.69, 9.17) is 9.47 Å². The van der Waals surface area contributed by atoms with Crippen LogP contribution in [0.4, 0.5) is 0 Å². The van der Waals surface area contributed by atoms with Crippen LogP contribution in [0.25, 0.3) is 5.69 Å². The Morgan fingerprint density at radius 3 is 2.55 bits per heavy atom. The lowest BCUT2D eigenvalue weighted by molar-refractivity contribution is 0.0526. The van der Waals surface area contributed by atoms with E-state index in [-0.39, 0.29) is 12.6 Å². The molecule has 8 heteroatoms. The normalized spacial score (nSPS) is 11.8. The molecule has 0 bridgehead atoms. The van der Waals surface area contributed by atoms with Crippen LogP contribution in [-0.2, 0) is 4.74 Å². The van der Waals surface area contributed by atoms with Crippen LogP contribution in [0.1, 0.15) is 23.1 Å². The third-order valence-electron chi connectivity index (χ3n) is 4.02. The van der Waals surface area contributed by atoms with Crippen LogP contribution in [0.2, 0.25) is 0 Å². The molecule has 1 aromatic heterocycles. The third kappa shape index (κ3) is 5.58. The second-order valence-electron chi connectivity index (χ2n) is 6.22. The lowest BCUT2D eigenvalue weighted by Gasteiger charge is -2.13. The number of aromatic nitrogens is 3. The van der Waals surface area contributed by atoms with E-state index in [0.717, 1.165) is 11.5 Å². The van der Waals surface area contributed by atoms with E-state index in [1.165, 1.54) is 11.8 Å². The minimum absolute atomic E-state index is 0.129. The SMILES string of the molecule is CCOC(=O)c1ccc(OCC(O)CSc2nnc(C)n2-c2ccccc2)cc1. The Bertz CT molecular complexity index is 929. The van der Waals surface area contributed by atoms with Crippen molar-refractivity contribution in [2.75, 3.05) is 19.0 Å². The van der Waals surface area contributed by atoms with Gasteiger partial charge in [0.25, 0.3) is 0 Å². The molecule has 0 aliphatic rings. The predicted octanol–water partition coefficient (Wildman–Crippen LogP) is 3.28. The summed E-state index contributed by atoms with van der Waals surface area (Å²) >= 11 is 1.42. The van der Waals surface area contributed by atoms with Crippen LogP contribution in [0.15, 0.2) is 59.8 Å². The second-order valence-corrected chi connectivity index (χ2v) is 7.21. The standard InChI is InChI=1S/C21H23N3O4S/c1-3-27-20(26)16-9-11-19(12-10-16)28-13-18(25)14-29-21-23-22-15(2)24(21)17-7-5-4-6-8-17/h4-12,18,25H,3,13-14H2,1-2H3. The van der Waals surface area contributed by atoms with Gasteiger partial charge in [-0.2, -0.15) is 0 Å². The van der Waals surface area contributed by atoms with Gasteiger partial charge in [-0.15, -0.1) is 10.2 Å². The summed E-state index contributed by atoms with van der Waals surface area (Å²) in [6, 6.07) is 16.5. The Morgan fingerprint density at radius 2 is 1.86 bits per heavy atom. The number of hydrogen-bond acceptors (Lipinski definition) is 7. The number of aryl methyl sites for hydroxylation is 1. The highest BCUT2D eigenvalue weighted by atomic mass is 32.2. The molecule has 0 fully saturated rings. The van der Waals surface area contributed by atoms with Crippen LogP contribution in [-0.4, -0.2) is 50.9 Å². The number of esters is 1. The number of hydrogen-bond donors (Lipinski definition) is 1. The van der Waals surface area contributed by atoms with Gasteiger partial charge in [-0.25, -0.2) is 4.79 Å². The molecule has 0 radical (unpaired) electrons. The van der Waals surface area contributed by atoms with E-state index in [2.05, 4.69) is 10.2 Å². The summed E-state index contributed by atoms with van der Waals surface area (Å²) in [7, 11) is 0. The molecule has 1 atom stereocenters. The maximum Gasteiger partial charge on any atom is 0.338 e. The maximum absolute atomic E-state index is 11.7. The molecule has 2 aromatic carbocycles. The van der Waals surface area contributed by atoms with Crippen molar-refractivity contribution < 1.29 is 19.4 Å². The Hall–Kier alpha value is -2.84. The van der Waals surface area contributed by atoms with Gasteiger partial charge in [0.15, 0.2) is 5.16 Å². The zero-order valence-electron chi connectivity index (χ0n) is 16.3. The zero-order chi connectivity index (χ0) is 20.6. The van der Waals surface area contributed by atoms with E-state index in [9.17, 15) is 9.90 Å². The number of carbonyl (C=O) groups is 1. The fourth-order valence-electron chi connectivity index (χ4n) is 2.62. The van der Waals surface area contributed by atoms with Gasteiger partial charge in [0.1, 0.15) is 18.2 Å².